The number of esters is 2. The van der Waals surface area contributed by atoms with Gasteiger partial charge in [-0.25, -0.2) is 4.39 Å². The Kier molecular flexibility index (Phi) is 6.51. The quantitative estimate of drug-likeness (QED) is 0.723. The first-order chi connectivity index (χ1) is 10.5. The van der Waals surface area contributed by atoms with E-state index in [1.54, 1.807) is 19.9 Å². The largest absolute Gasteiger partial charge is 0.466 e. The number of hydrogen-bond donors (Lipinski definition) is 0. The van der Waals surface area contributed by atoms with Gasteiger partial charge in [-0.1, -0.05) is 18.2 Å². The Morgan fingerprint density at radius 2 is 1.64 bits per heavy atom. The molecule has 22 heavy (non-hydrogen) atoms. The molecular formula is C16H18FNO4. The molecule has 118 valence electrons. The molecule has 5 nitrogen and oxygen atoms in total. The smallest absolute Gasteiger partial charge is 0.307 e. The number of benzene rings is 1. The highest BCUT2D eigenvalue weighted by atomic mass is 19.1. The molecule has 0 saturated heterocycles. The van der Waals surface area contributed by atoms with Crippen LogP contribution < -0.4 is 0 Å². The van der Waals surface area contributed by atoms with Gasteiger partial charge in [0.25, 0.3) is 0 Å². The van der Waals surface area contributed by atoms with E-state index in [0.29, 0.717) is 0 Å². The molecule has 0 fully saturated rings. The molecule has 0 aliphatic heterocycles. The summed E-state index contributed by atoms with van der Waals surface area (Å²) in [6.45, 7) is 3.52. The fourth-order valence-electron chi connectivity index (χ4n) is 2.16. The second-order valence-corrected chi connectivity index (χ2v) is 4.64. The number of ether oxygens (including phenoxy) is 2. The summed E-state index contributed by atoms with van der Waals surface area (Å²) in [5.41, 5.74) is -1.66. The van der Waals surface area contributed by atoms with Crippen LogP contribution in [0.5, 0.6) is 0 Å². The number of carbonyl (C=O) groups excluding carboxylic acids is 2. The lowest BCUT2D eigenvalue weighted by atomic mass is 9.76. The average Bonchev–Trinajstić information content (AvgIpc) is 2.47. The second kappa shape index (κ2) is 8.13. The maximum absolute atomic E-state index is 14.1. The maximum Gasteiger partial charge on any atom is 0.307 e. The molecule has 1 aromatic rings. The van der Waals surface area contributed by atoms with Gasteiger partial charge in [0.05, 0.1) is 32.1 Å². The van der Waals surface area contributed by atoms with Crippen molar-refractivity contribution in [1.82, 2.24) is 0 Å². The summed E-state index contributed by atoms with van der Waals surface area (Å²) >= 11 is 0. The first kappa shape index (κ1) is 17.6. The summed E-state index contributed by atoms with van der Waals surface area (Å²) in [5, 5.41) is 9.56. The molecular weight excluding hydrogens is 289 g/mol. The molecule has 0 aliphatic carbocycles. The predicted octanol–water partition coefficient (Wildman–Crippen LogP) is 2.49. The molecule has 0 atom stereocenters. The van der Waals surface area contributed by atoms with Crippen LogP contribution in [0.1, 0.15) is 32.3 Å². The molecule has 0 aromatic heterocycles. The highest BCUT2D eigenvalue weighted by Crippen LogP contribution is 2.34. The first-order valence-corrected chi connectivity index (χ1v) is 6.96. The minimum absolute atomic E-state index is 0.0152. The topological polar surface area (TPSA) is 76.4 Å². The zero-order chi connectivity index (χ0) is 16.6. The average molecular weight is 307 g/mol. The van der Waals surface area contributed by atoms with Crippen molar-refractivity contribution in [1.29, 1.82) is 5.26 Å². The van der Waals surface area contributed by atoms with E-state index in [1.165, 1.54) is 18.2 Å². The molecule has 0 heterocycles. The van der Waals surface area contributed by atoms with E-state index < -0.39 is 36.0 Å². The summed E-state index contributed by atoms with van der Waals surface area (Å²) in [7, 11) is 0. The summed E-state index contributed by atoms with van der Waals surface area (Å²) in [5.74, 6) is -1.99. The van der Waals surface area contributed by atoms with E-state index in [-0.39, 0.29) is 18.8 Å². The molecule has 0 radical (unpaired) electrons. The third-order valence-corrected chi connectivity index (χ3v) is 3.11. The molecule has 0 N–H and O–H groups in total. The highest BCUT2D eigenvalue weighted by molar-refractivity contribution is 5.77. The molecule has 0 aliphatic rings. The minimum Gasteiger partial charge on any atom is -0.466 e. The van der Waals surface area contributed by atoms with Crippen LogP contribution in [-0.4, -0.2) is 25.2 Å². The number of carbonyl (C=O) groups is 2. The van der Waals surface area contributed by atoms with Crippen LogP contribution in [0.15, 0.2) is 24.3 Å². The van der Waals surface area contributed by atoms with Gasteiger partial charge >= 0.3 is 11.9 Å². The van der Waals surface area contributed by atoms with E-state index in [9.17, 15) is 19.2 Å². The second-order valence-electron chi connectivity index (χ2n) is 4.64. The van der Waals surface area contributed by atoms with Gasteiger partial charge in [-0.3, -0.25) is 9.59 Å². The van der Waals surface area contributed by atoms with Crippen LogP contribution >= 0.6 is 0 Å². The highest BCUT2D eigenvalue weighted by Gasteiger charge is 2.40. The van der Waals surface area contributed by atoms with Crippen LogP contribution in [0.3, 0.4) is 0 Å². The fourth-order valence-corrected chi connectivity index (χ4v) is 2.16. The van der Waals surface area contributed by atoms with Crippen molar-refractivity contribution in [3.8, 4) is 6.07 Å². The third kappa shape index (κ3) is 4.29. The number of halogens is 1. The lowest BCUT2D eigenvalue weighted by Gasteiger charge is -2.25. The fraction of sp³-hybridized carbons (Fsp3) is 0.438. The third-order valence-electron chi connectivity index (χ3n) is 3.11. The van der Waals surface area contributed by atoms with E-state index in [0.717, 1.165) is 0 Å². The number of nitriles is 1. The normalized spacial score (nSPS) is 10.6. The van der Waals surface area contributed by atoms with Crippen LogP contribution in [-0.2, 0) is 24.5 Å². The van der Waals surface area contributed by atoms with E-state index in [2.05, 4.69) is 0 Å². The van der Waals surface area contributed by atoms with Crippen LogP contribution in [0.2, 0.25) is 0 Å². The van der Waals surface area contributed by atoms with Crippen molar-refractivity contribution in [3.63, 3.8) is 0 Å². The van der Waals surface area contributed by atoms with Gasteiger partial charge in [0.1, 0.15) is 11.2 Å². The van der Waals surface area contributed by atoms with Crippen LogP contribution in [0.4, 0.5) is 4.39 Å². The van der Waals surface area contributed by atoms with E-state index in [4.69, 9.17) is 9.47 Å². The van der Waals surface area contributed by atoms with Crippen molar-refractivity contribution in [2.75, 3.05) is 13.2 Å². The van der Waals surface area contributed by atoms with Gasteiger partial charge in [-0.05, 0) is 19.9 Å². The minimum atomic E-state index is -1.65. The summed E-state index contributed by atoms with van der Waals surface area (Å²) in [4.78, 5) is 23.6. The van der Waals surface area contributed by atoms with Gasteiger partial charge in [0, 0.05) is 5.56 Å². The van der Waals surface area contributed by atoms with Crippen molar-refractivity contribution in [2.45, 2.75) is 32.1 Å². The van der Waals surface area contributed by atoms with E-state index >= 15 is 0 Å². The van der Waals surface area contributed by atoms with Crippen molar-refractivity contribution < 1.29 is 23.5 Å². The van der Waals surface area contributed by atoms with Crippen molar-refractivity contribution in [3.05, 3.63) is 35.6 Å². The molecule has 0 spiro atoms. The summed E-state index contributed by atoms with van der Waals surface area (Å²) < 4.78 is 23.8. The van der Waals surface area contributed by atoms with E-state index in [1.807, 2.05) is 6.07 Å². The molecule has 0 bridgehead atoms. The standard InChI is InChI=1S/C16H18FNO4/c1-3-21-14(19)9-16(11-18,10-15(20)22-4-2)12-7-5-6-8-13(12)17/h5-8H,3-4,9-10H2,1-2H3. The SMILES string of the molecule is CCOC(=O)CC(C#N)(CC(=O)OCC)c1ccccc1F. The molecule has 6 heteroatoms. The van der Waals surface area contributed by atoms with Gasteiger partial charge in [-0.15, -0.1) is 0 Å². The summed E-state index contributed by atoms with van der Waals surface area (Å²) in [6.07, 6.45) is -0.839. The predicted molar refractivity (Wildman–Crippen MR) is 76.2 cm³/mol. The lowest BCUT2D eigenvalue weighted by Crippen LogP contribution is -2.33. The van der Waals surface area contributed by atoms with Gasteiger partial charge in [-0.2, -0.15) is 5.26 Å². The number of hydrogen-bond acceptors (Lipinski definition) is 5. The molecule has 1 rings (SSSR count). The molecule has 0 saturated carbocycles. The van der Waals surface area contributed by atoms with Crippen molar-refractivity contribution >= 4 is 11.9 Å². The van der Waals surface area contributed by atoms with Gasteiger partial charge in [0.15, 0.2) is 0 Å². The van der Waals surface area contributed by atoms with Crippen molar-refractivity contribution in [2.24, 2.45) is 0 Å². The number of nitrogens with zero attached hydrogens (tertiary/aromatic N) is 1. The number of rotatable bonds is 7. The monoisotopic (exact) mass is 307 g/mol. The Morgan fingerprint density at radius 3 is 2.05 bits per heavy atom. The molecule has 0 unspecified atom stereocenters. The van der Waals surface area contributed by atoms with Crippen LogP contribution in [0, 0.1) is 17.1 Å². The Labute approximate surface area is 128 Å². The van der Waals surface area contributed by atoms with Gasteiger partial charge < -0.3 is 9.47 Å². The zero-order valence-electron chi connectivity index (χ0n) is 12.6. The maximum atomic E-state index is 14.1. The van der Waals surface area contributed by atoms with Crippen LogP contribution in [0.25, 0.3) is 0 Å². The Morgan fingerprint density at radius 1 is 1.14 bits per heavy atom. The molecule has 0 amide bonds. The Bertz CT molecular complexity index is 560. The lowest BCUT2D eigenvalue weighted by molar-refractivity contribution is -0.146. The first-order valence-electron chi connectivity index (χ1n) is 6.96. The Hall–Kier alpha value is -2.42. The zero-order valence-corrected chi connectivity index (χ0v) is 12.6. The Balaban J connectivity index is 3.23. The summed E-state index contributed by atoms with van der Waals surface area (Å²) in [6, 6.07) is 7.48. The van der Waals surface area contributed by atoms with Gasteiger partial charge in [0.2, 0.25) is 0 Å². The molecule has 1 aromatic carbocycles.